The number of hydrogen-bond donors (Lipinski definition) is 2. The molecule has 3 N–H and O–H groups in total. The van der Waals surface area contributed by atoms with Gasteiger partial charge in [0.25, 0.3) is 0 Å². The van der Waals surface area contributed by atoms with Crippen LogP contribution in [0.5, 0.6) is 0 Å². The fraction of sp³-hybridized carbons (Fsp3) is 0.125. The molecule has 0 atom stereocenters. The van der Waals surface area contributed by atoms with Crippen LogP contribution < -0.4 is 5.73 Å². The van der Waals surface area contributed by atoms with Gasteiger partial charge in [0, 0.05) is 10.9 Å². The molecule has 0 saturated carbocycles. The third kappa shape index (κ3) is 2.30. The Hall–Kier alpha value is -0.900. The normalized spacial score (nSPS) is 9.83. The van der Waals surface area contributed by atoms with E-state index in [0.29, 0.717) is 10.0 Å². The van der Waals surface area contributed by atoms with E-state index in [1.807, 2.05) is 0 Å². The number of amidine groups is 1. The van der Waals surface area contributed by atoms with Crippen LogP contribution in [0.25, 0.3) is 0 Å². The van der Waals surface area contributed by atoms with Crippen molar-refractivity contribution >= 4 is 21.8 Å². The largest absolute Gasteiger partial charge is 0.387 e. The van der Waals surface area contributed by atoms with Crippen molar-refractivity contribution in [3.63, 3.8) is 0 Å². The highest BCUT2D eigenvalue weighted by molar-refractivity contribution is 9.10. The van der Waals surface area contributed by atoms with Gasteiger partial charge in [-0.3, -0.25) is 5.41 Å². The number of halogens is 2. The number of nitrogens with two attached hydrogens (primary N) is 1. The van der Waals surface area contributed by atoms with Crippen molar-refractivity contribution in [2.45, 2.75) is 6.42 Å². The molecule has 0 aliphatic carbocycles. The average molecular weight is 231 g/mol. The van der Waals surface area contributed by atoms with E-state index >= 15 is 0 Å². The van der Waals surface area contributed by atoms with Crippen LogP contribution in [-0.4, -0.2) is 5.84 Å². The zero-order chi connectivity index (χ0) is 9.14. The summed E-state index contributed by atoms with van der Waals surface area (Å²) in [6, 6.07) is 4.69. The molecule has 2 nitrogen and oxygen atoms in total. The quantitative estimate of drug-likeness (QED) is 0.594. The standard InChI is InChI=1S/C8H8BrFN2/c9-6-2-1-5(3-8(11)12)7(10)4-6/h1-2,4H,3H2,(H3,11,12). The van der Waals surface area contributed by atoms with Gasteiger partial charge in [0.15, 0.2) is 0 Å². The number of hydrogen-bond acceptors (Lipinski definition) is 1. The smallest absolute Gasteiger partial charge is 0.127 e. The lowest BCUT2D eigenvalue weighted by molar-refractivity contribution is 0.615. The molecular weight excluding hydrogens is 223 g/mol. The summed E-state index contributed by atoms with van der Waals surface area (Å²) in [4.78, 5) is 0. The van der Waals surface area contributed by atoms with Crippen LogP contribution in [0, 0.1) is 11.2 Å². The average Bonchev–Trinajstić information content (AvgIpc) is 1.94. The third-order valence-corrected chi connectivity index (χ3v) is 1.89. The molecule has 0 radical (unpaired) electrons. The second-order valence-corrected chi connectivity index (χ2v) is 3.35. The summed E-state index contributed by atoms with van der Waals surface area (Å²) in [7, 11) is 0. The van der Waals surface area contributed by atoms with Gasteiger partial charge >= 0.3 is 0 Å². The van der Waals surface area contributed by atoms with E-state index < -0.39 is 0 Å². The van der Waals surface area contributed by atoms with E-state index in [4.69, 9.17) is 11.1 Å². The second kappa shape index (κ2) is 3.67. The Morgan fingerprint density at radius 1 is 1.58 bits per heavy atom. The Morgan fingerprint density at radius 3 is 2.75 bits per heavy atom. The summed E-state index contributed by atoms with van der Waals surface area (Å²) < 4.78 is 13.7. The molecule has 12 heavy (non-hydrogen) atoms. The Balaban J connectivity index is 2.93. The van der Waals surface area contributed by atoms with Gasteiger partial charge in [0.05, 0.1) is 5.84 Å². The molecular formula is C8H8BrFN2. The lowest BCUT2D eigenvalue weighted by Crippen LogP contribution is -2.13. The minimum atomic E-state index is -0.334. The Bertz CT molecular complexity index is 312. The molecule has 0 spiro atoms. The molecule has 0 fully saturated rings. The summed E-state index contributed by atoms with van der Waals surface area (Å²) in [5.74, 6) is -0.365. The van der Waals surface area contributed by atoms with Gasteiger partial charge in [-0.05, 0) is 17.7 Å². The fourth-order valence-corrected chi connectivity index (χ4v) is 1.20. The SMILES string of the molecule is N=C(N)Cc1ccc(Br)cc1F. The number of nitrogens with one attached hydrogen (secondary N) is 1. The van der Waals surface area contributed by atoms with E-state index in [-0.39, 0.29) is 18.1 Å². The monoisotopic (exact) mass is 230 g/mol. The molecule has 1 aromatic carbocycles. The summed E-state index contributed by atoms with van der Waals surface area (Å²) in [6.45, 7) is 0. The van der Waals surface area contributed by atoms with Crippen molar-refractivity contribution in [3.8, 4) is 0 Å². The molecule has 0 aromatic heterocycles. The Morgan fingerprint density at radius 2 is 2.25 bits per heavy atom. The predicted molar refractivity (Wildman–Crippen MR) is 49.7 cm³/mol. The van der Waals surface area contributed by atoms with Gasteiger partial charge < -0.3 is 5.73 Å². The Labute approximate surface area is 78.2 Å². The predicted octanol–water partition coefficient (Wildman–Crippen LogP) is 2.07. The van der Waals surface area contributed by atoms with Gasteiger partial charge in [-0.1, -0.05) is 22.0 Å². The summed E-state index contributed by atoms with van der Waals surface area (Å²) in [5.41, 5.74) is 5.59. The number of rotatable bonds is 2. The van der Waals surface area contributed by atoms with Crippen LogP contribution in [0.15, 0.2) is 22.7 Å². The number of benzene rings is 1. The molecule has 0 saturated heterocycles. The molecule has 64 valence electrons. The highest BCUT2D eigenvalue weighted by Gasteiger charge is 2.02. The first kappa shape index (κ1) is 9.19. The van der Waals surface area contributed by atoms with Crippen molar-refractivity contribution in [1.29, 1.82) is 5.41 Å². The van der Waals surface area contributed by atoms with Crippen molar-refractivity contribution in [3.05, 3.63) is 34.1 Å². The molecule has 0 heterocycles. The summed E-state index contributed by atoms with van der Waals surface area (Å²) >= 11 is 3.14. The molecule has 1 rings (SSSR count). The molecule has 0 aliphatic rings. The van der Waals surface area contributed by atoms with Crippen molar-refractivity contribution in [1.82, 2.24) is 0 Å². The van der Waals surface area contributed by atoms with Crippen LogP contribution in [0.3, 0.4) is 0 Å². The minimum Gasteiger partial charge on any atom is -0.387 e. The molecule has 0 unspecified atom stereocenters. The van der Waals surface area contributed by atoms with Gasteiger partial charge in [-0.2, -0.15) is 0 Å². The Kier molecular flexibility index (Phi) is 2.81. The maximum atomic E-state index is 13.0. The van der Waals surface area contributed by atoms with Crippen LogP contribution in [0.4, 0.5) is 4.39 Å². The van der Waals surface area contributed by atoms with E-state index in [0.717, 1.165) is 0 Å². The van der Waals surface area contributed by atoms with Crippen LogP contribution in [0.2, 0.25) is 0 Å². The van der Waals surface area contributed by atoms with Gasteiger partial charge in [0.2, 0.25) is 0 Å². The minimum absolute atomic E-state index is 0.0313. The molecule has 1 aromatic rings. The highest BCUT2D eigenvalue weighted by Crippen LogP contribution is 2.15. The maximum absolute atomic E-state index is 13.0. The maximum Gasteiger partial charge on any atom is 0.127 e. The van der Waals surface area contributed by atoms with Gasteiger partial charge in [-0.25, -0.2) is 4.39 Å². The van der Waals surface area contributed by atoms with Gasteiger partial charge in [0.1, 0.15) is 5.82 Å². The van der Waals surface area contributed by atoms with Crippen molar-refractivity contribution in [2.75, 3.05) is 0 Å². The van der Waals surface area contributed by atoms with Crippen LogP contribution in [-0.2, 0) is 6.42 Å². The van der Waals surface area contributed by atoms with E-state index in [1.54, 1.807) is 12.1 Å². The van der Waals surface area contributed by atoms with Crippen LogP contribution >= 0.6 is 15.9 Å². The molecule has 0 aliphatic heterocycles. The van der Waals surface area contributed by atoms with E-state index in [2.05, 4.69) is 15.9 Å². The first-order valence-electron chi connectivity index (χ1n) is 3.36. The molecule has 0 bridgehead atoms. The molecule has 0 amide bonds. The van der Waals surface area contributed by atoms with E-state index in [1.165, 1.54) is 6.07 Å². The van der Waals surface area contributed by atoms with Crippen molar-refractivity contribution in [2.24, 2.45) is 5.73 Å². The van der Waals surface area contributed by atoms with E-state index in [9.17, 15) is 4.39 Å². The fourth-order valence-electron chi connectivity index (χ4n) is 0.870. The van der Waals surface area contributed by atoms with Crippen LogP contribution in [0.1, 0.15) is 5.56 Å². The first-order valence-corrected chi connectivity index (χ1v) is 4.15. The zero-order valence-corrected chi connectivity index (χ0v) is 7.86. The van der Waals surface area contributed by atoms with Crippen molar-refractivity contribution < 1.29 is 4.39 Å². The third-order valence-electron chi connectivity index (χ3n) is 1.40. The lowest BCUT2D eigenvalue weighted by atomic mass is 10.1. The topological polar surface area (TPSA) is 49.9 Å². The highest BCUT2D eigenvalue weighted by atomic mass is 79.9. The second-order valence-electron chi connectivity index (χ2n) is 2.44. The lowest BCUT2D eigenvalue weighted by Gasteiger charge is -2.01. The van der Waals surface area contributed by atoms with Gasteiger partial charge in [-0.15, -0.1) is 0 Å². The molecule has 4 heteroatoms. The first-order chi connectivity index (χ1) is 5.59. The summed E-state index contributed by atoms with van der Waals surface area (Å²) in [5, 5.41) is 6.98. The zero-order valence-electron chi connectivity index (χ0n) is 6.27. The summed E-state index contributed by atoms with van der Waals surface area (Å²) in [6.07, 6.45) is 0.166.